The highest BCUT2D eigenvalue weighted by Crippen LogP contribution is 2.38. The highest BCUT2D eigenvalue weighted by atomic mass is 16.5. The molecule has 0 radical (unpaired) electrons. The van der Waals surface area contributed by atoms with Crippen molar-refractivity contribution in [2.24, 2.45) is 53.1 Å². The lowest BCUT2D eigenvalue weighted by Crippen LogP contribution is -2.55. The highest BCUT2D eigenvalue weighted by Gasteiger charge is 2.50. The van der Waals surface area contributed by atoms with Crippen LogP contribution in [-0.4, -0.2) is 308 Å². The molecule has 6 aliphatic rings. The first-order chi connectivity index (χ1) is 63.2. The molecule has 0 saturated carbocycles. The Labute approximate surface area is 792 Å². The van der Waals surface area contributed by atoms with E-state index in [1.165, 1.54) is 41.2 Å². The summed E-state index contributed by atoms with van der Waals surface area (Å²) in [5.74, 6) is -6.28. The summed E-state index contributed by atoms with van der Waals surface area (Å²) in [5, 5.41) is 18.6. The van der Waals surface area contributed by atoms with Crippen LogP contribution in [0.5, 0.6) is 0 Å². The van der Waals surface area contributed by atoms with Gasteiger partial charge in [-0.25, -0.2) is 4.79 Å². The van der Waals surface area contributed by atoms with Crippen LogP contribution in [0.4, 0.5) is 0 Å². The number of nitrogens with two attached hydrogens (primary N) is 1. The predicted octanol–water partition coefficient (Wildman–Crippen LogP) is 9.82. The van der Waals surface area contributed by atoms with E-state index in [0.29, 0.717) is 65.0 Å². The summed E-state index contributed by atoms with van der Waals surface area (Å²) in [6.07, 6.45) is 17.9. The predicted molar refractivity (Wildman–Crippen MR) is 511 cm³/mol. The molecule has 4 fully saturated rings. The van der Waals surface area contributed by atoms with E-state index < -0.39 is 107 Å². The Morgan fingerprint density at radius 3 is 1.17 bits per heavy atom. The van der Waals surface area contributed by atoms with Gasteiger partial charge in [0.1, 0.15) is 12.1 Å². The van der Waals surface area contributed by atoms with Crippen LogP contribution in [0.1, 0.15) is 235 Å². The lowest BCUT2D eigenvalue weighted by Gasteiger charge is -2.41. The Morgan fingerprint density at radius 2 is 0.842 bits per heavy atom. The molecule has 18 atom stereocenters. The Balaban J connectivity index is 0.000000362. The minimum absolute atomic E-state index is 0.00780. The van der Waals surface area contributed by atoms with Gasteiger partial charge in [0.2, 0.25) is 41.4 Å². The molecule has 6 aliphatic heterocycles. The maximum absolute atomic E-state index is 14.4. The maximum atomic E-state index is 14.4. The van der Waals surface area contributed by atoms with E-state index in [0.717, 1.165) is 114 Å². The first-order valence-corrected chi connectivity index (χ1v) is 48.9. The number of likely N-dealkylation sites (N-methyl/N-ethyl adjacent to an activating group) is 4. The number of rotatable bonds is 53. The van der Waals surface area contributed by atoms with E-state index in [1.807, 2.05) is 123 Å². The average molecular weight is 1860 g/mol. The molecule has 0 aliphatic carbocycles. The third-order valence-electron chi connectivity index (χ3n) is 29.3. The third-order valence-corrected chi connectivity index (χ3v) is 29.3. The number of likely N-dealkylation sites (tertiary alicyclic amines) is 4. The number of hydrogen-bond donors (Lipinski definition) is 5. The lowest BCUT2D eigenvalue weighted by molar-refractivity contribution is -0.149. The van der Waals surface area contributed by atoms with Gasteiger partial charge in [0.15, 0.2) is 11.6 Å². The van der Waals surface area contributed by atoms with Crippen molar-refractivity contribution in [1.82, 2.24) is 55.1 Å². The van der Waals surface area contributed by atoms with Crippen LogP contribution in [0, 0.1) is 47.3 Å². The number of Topliss-reactive ketones (excluding diaryl/α,β-unsaturated/α-hetero) is 2. The number of nitrogens with one attached hydrogen (secondary N) is 3. The van der Waals surface area contributed by atoms with E-state index in [4.69, 9.17) is 24.7 Å². The van der Waals surface area contributed by atoms with Crippen molar-refractivity contribution in [3.05, 3.63) is 96.1 Å². The van der Waals surface area contributed by atoms with Gasteiger partial charge in [0.25, 0.3) is 23.6 Å². The number of ketones is 2. The van der Waals surface area contributed by atoms with E-state index >= 15 is 0 Å². The number of nitrogens with zero attached hydrogens (tertiary/aromatic N) is 8. The Hall–Kier alpha value is -8.98. The van der Waals surface area contributed by atoms with Crippen LogP contribution < -0.4 is 21.7 Å². The summed E-state index contributed by atoms with van der Waals surface area (Å²) in [5.41, 5.74) is 5.86. The number of hydrogen-bond acceptors (Lipinski definition) is 21. The summed E-state index contributed by atoms with van der Waals surface area (Å²) >= 11 is 0. The number of carbonyl (C=O) groups excluding carboxylic acids is 13. The zero-order valence-corrected chi connectivity index (χ0v) is 83.6. The van der Waals surface area contributed by atoms with Crippen molar-refractivity contribution in [3.8, 4) is 0 Å². The van der Waals surface area contributed by atoms with Gasteiger partial charge in [-0.1, -0.05) is 168 Å². The number of benzene rings is 2. The van der Waals surface area contributed by atoms with Crippen molar-refractivity contribution in [1.29, 1.82) is 0 Å². The standard InChI is InChI=1S/C51H80N6O9.C41H66N4O8.C10H16N2O2/c1-11-35(4)46(55(8)50(64)38(34(2)3)32-42(58)51(6)26-20-28-54(51)7)41(65-9)33-45(61)56-30-19-23-40(56)47(66-10)36(5)48(62)53-39(31-37-21-15-14-16-22-37)49(63)52-27-17-12-13-18-29-57-43(59)24-25-44(57)60;1-11-27(4)36(44(8)39(49)30(26(2)3)24-34(46)41(6)20-16-21-43(41)7)33(52-9)25-35(47)45-22-15-19-32(45)37(53-10)28(5)38(48)42-31(40(50)51)23-29-17-13-12-14-18-29;11-7-3-1-2-4-8-12-9(13)5-6-10(12)14/h14-16,21-22,24-25,34-36,38-41,46-47H,11-13,17-20,23,26-33H2,1-10H3,(H,52,63)(H,53,62);12-14,17-18,26-28,30-33,36-37H,11,15-16,19-25H2,1-10H3,(H,42,48)(H,50,51);5-6H,1-4,7-8,11H2/t35-,36+,38-,39-,40-,41+,46-,47?,51-;27-,28+,30-,31-,32-,33+,36-,37?,41-;/m00./s1. The van der Waals surface area contributed by atoms with Gasteiger partial charge in [-0.2, -0.15) is 0 Å². The second-order valence-electron chi connectivity index (χ2n) is 38.8. The van der Waals surface area contributed by atoms with E-state index in [9.17, 15) is 72.2 Å². The van der Waals surface area contributed by atoms with Crippen molar-refractivity contribution in [2.45, 2.75) is 309 Å². The first kappa shape index (κ1) is 113. The van der Waals surface area contributed by atoms with Crippen molar-refractivity contribution >= 4 is 82.5 Å². The molecular weight excluding hydrogens is 1700 g/mol. The van der Waals surface area contributed by atoms with E-state index in [2.05, 4.69) is 46.5 Å². The highest BCUT2D eigenvalue weighted by molar-refractivity contribution is 6.13. The summed E-state index contributed by atoms with van der Waals surface area (Å²) in [7, 11) is 13.7. The molecule has 2 aromatic rings. The van der Waals surface area contributed by atoms with Gasteiger partial charge >= 0.3 is 5.97 Å². The summed E-state index contributed by atoms with van der Waals surface area (Å²) < 4.78 is 24.0. The number of imide groups is 2. The van der Waals surface area contributed by atoms with Gasteiger partial charge in [-0.05, 0) is 159 Å². The minimum atomic E-state index is -1.13. The van der Waals surface area contributed by atoms with Crippen LogP contribution >= 0.6 is 0 Å². The molecular formula is C102H162N12O19. The van der Waals surface area contributed by atoms with Crippen molar-refractivity contribution in [2.75, 3.05) is 109 Å². The molecule has 11 amide bonds. The molecule has 2 unspecified atom stereocenters. The van der Waals surface area contributed by atoms with Crippen molar-refractivity contribution < 1.29 is 91.2 Å². The van der Waals surface area contributed by atoms with Crippen LogP contribution in [0.15, 0.2) is 85.0 Å². The normalized spacial score (nSPS) is 21.8. The van der Waals surface area contributed by atoms with Crippen LogP contribution in [-0.2, 0) is 98.9 Å². The fourth-order valence-corrected chi connectivity index (χ4v) is 20.0. The van der Waals surface area contributed by atoms with Crippen LogP contribution in [0.25, 0.3) is 0 Å². The monoisotopic (exact) mass is 1860 g/mol. The summed E-state index contributed by atoms with van der Waals surface area (Å²) in [6.45, 7) is 28.2. The molecule has 0 spiro atoms. The zero-order valence-electron chi connectivity index (χ0n) is 83.6. The summed E-state index contributed by atoms with van der Waals surface area (Å²) in [6, 6.07) is 14.9. The number of unbranched alkanes of at least 4 members (excludes halogenated alkanes) is 6. The van der Waals surface area contributed by atoms with Crippen LogP contribution in [0.2, 0.25) is 0 Å². The van der Waals surface area contributed by atoms with Gasteiger partial charge in [0, 0.05) is 137 Å². The molecule has 4 saturated heterocycles. The molecule has 2 aromatic carbocycles. The quantitative estimate of drug-likeness (QED) is 0.0304. The van der Waals surface area contributed by atoms with Crippen LogP contribution in [0.3, 0.4) is 0 Å². The average Bonchev–Trinajstić information content (AvgIpc) is 1.73. The van der Waals surface area contributed by atoms with Gasteiger partial charge in [-0.3, -0.25) is 81.9 Å². The molecule has 0 bridgehead atoms. The first-order valence-electron chi connectivity index (χ1n) is 48.9. The SMILES string of the molecule is CC[C@H](C)[C@@H]([C@@H](CC(=O)N1CCC[C@H]1C(OC)[C@@H](C)C(=O)N[C@@H](Cc1ccccc1)C(=O)NCCCCCCN1C(=O)C=CC1=O)OC)N(C)C(=O)[C@@H](CC(=O)[C@]1(C)CCCN1C)C(C)C.CC[C@H](C)[C@@H]([C@@H](CC(=O)N1CCC[C@H]1C(OC)[C@@H](C)C(=O)N[C@@H](Cc1ccccc1)C(=O)O)OC)N(C)C(=O)[C@@H](CC(=O)[C@]1(C)CCCN1C)C(C)C.NCCCCCCN1C(=O)C=CC1=O. The maximum Gasteiger partial charge on any atom is 0.326 e. The molecule has 6 heterocycles. The van der Waals surface area contributed by atoms with Gasteiger partial charge in [-0.15, -0.1) is 0 Å². The topological polar surface area (TPSA) is 384 Å². The molecule has 6 N–H and O–H groups in total. The molecule has 133 heavy (non-hydrogen) atoms. The summed E-state index contributed by atoms with van der Waals surface area (Å²) in [4.78, 5) is 198. The van der Waals surface area contributed by atoms with Crippen molar-refractivity contribution in [3.63, 3.8) is 0 Å². The fourth-order valence-electron chi connectivity index (χ4n) is 20.0. The second kappa shape index (κ2) is 55.3. The second-order valence-corrected chi connectivity index (χ2v) is 38.8. The lowest BCUT2D eigenvalue weighted by atomic mass is 9.81. The Bertz CT molecular complexity index is 4150. The Kier molecular flexibility index (Phi) is 46.9. The number of ether oxygens (including phenoxy) is 4. The molecule has 8 rings (SSSR count). The largest absolute Gasteiger partial charge is 0.480 e. The molecule has 31 nitrogen and oxygen atoms in total. The smallest absolute Gasteiger partial charge is 0.326 e. The zero-order chi connectivity index (χ0) is 98.7. The number of carboxylic acids is 1. The molecule has 744 valence electrons. The number of aliphatic carboxylic acids is 1. The Morgan fingerprint density at radius 1 is 0.481 bits per heavy atom. The van der Waals surface area contributed by atoms with E-state index in [-0.39, 0.29) is 133 Å². The van der Waals surface area contributed by atoms with Gasteiger partial charge < -0.3 is 65.3 Å². The molecule has 31 heteroatoms. The minimum Gasteiger partial charge on any atom is -0.480 e. The number of methoxy groups -OCH3 is 4. The number of carboxylic acid groups (broad SMARTS) is 1. The number of carbonyl (C=O) groups is 14. The number of amides is 11. The molecule has 0 aromatic heterocycles. The van der Waals surface area contributed by atoms with E-state index in [1.54, 1.807) is 68.9 Å². The fraction of sp³-hybridized carbons (Fsp3) is 0.706. The third kappa shape index (κ3) is 31.3. The van der Waals surface area contributed by atoms with Gasteiger partial charge in [0.05, 0.1) is 84.3 Å².